The molecule has 0 spiro atoms. The van der Waals surface area contributed by atoms with Gasteiger partial charge in [-0.25, -0.2) is 0 Å². The van der Waals surface area contributed by atoms with Gasteiger partial charge in [-0.05, 0) is 18.4 Å². The lowest BCUT2D eigenvalue weighted by molar-refractivity contribution is 0.463. The van der Waals surface area contributed by atoms with Crippen LogP contribution < -0.4 is 5.32 Å². The second-order valence-corrected chi connectivity index (χ2v) is 2.92. The van der Waals surface area contributed by atoms with Crippen molar-refractivity contribution >= 4 is 17.4 Å². The first-order valence-corrected chi connectivity index (χ1v) is 4.55. The monoisotopic (exact) mass is 169 g/mol. The molecule has 0 atom stereocenters. The summed E-state index contributed by atoms with van der Waals surface area (Å²) in [5.74, 6) is 0.337. The molecule has 2 nitrogen and oxygen atoms in total. The van der Waals surface area contributed by atoms with Crippen molar-refractivity contribution in [2.75, 3.05) is 18.6 Å². The van der Waals surface area contributed by atoms with Gasteiger partial charge in [0, 0.05) is 7.05 Å². The van der Waals surface area contributed by atoms with Crippen molar-refractivity contribution in [3.63, 3.8) is 0 Å². The van der Waals surface area contributed by atoms with Crippen molar-refractivity contribution in [2.45, 2.75) is 4.90 Å². The van der Waals surface area contributed by atoms with Crippen LogP contribution in [-0.4, -0.2) is 18.4 Å². The predicted molar refractivity (Wildman–Crippen MR) is 49.4 cm³/mol. The molecule has 3 heteroatoms. The number of benzene rings is 1. The van der Waals surface area contributed by atoms with E-state index < -0.39 is 0 Å². The Hall–Kier alpha value is -0.830. The molecule has 0 bridgehead atoms. The zero-order valence-corrected chi connectivity index (χ0v) is 7.40. The van der Waals surface area contributed by atoms with E-state index in [-0.39, 0.29) is 0 Å². The van der Waals surface area contributed by atoms with Gasteiger partial charge in [-0.2, -0.15) is 0 Å². The molecule has 1 aromatic carbocycles. The number of hydrogen-bond acceptors (Lipinski definition) is 3. The molecule has 2 N–H and O–H groups in total. The Morgan fingerprint density at radius 1 is 1.45 bits per heavy atom. The lowest BCUT2D eigenvalue weighted by atomic mass is 10.3. The smallest absolute Gasteiger partial charge is 0.131 e. The molecule has 0 saturated heterocycles. The van der Waals surface area contributed by atoms with Gasteiger partial charge in [-0.3, -0.25) is 0 Å². The maximum atomic E-state index is 9.36. The quantitative estimate of drug-likeness (QED) is 0.665. The molecule has 0 heterocycles. The molecule has 0 aromatic heterocycles. The van der Waals surface area contributed by atoms with Crippen LogP contribution in [0, 0.1) is 0 Å². The van der Waals surface area contributed by atoms with Crippen LogP contribution in [0.4, 0.5) is 5.69 Å². The Labute approximate surface area is 70.6 Å². The fraction of sp³-hybridized carbons (Fsp3) is 0.250. The van der Waals surface area contributed by atoms with Crippen LogP contribution in [0.1, 0.15) is 0 Å². The highest BCUT2D eigenvalue weighted by Gasteiger charge is 2.03. The SMILES string of the molecule is CNc1cccc(O)c1SC. The lowest BCUT2D eigenvalue weighted by Crippen LogP contribution is -1.89. The van der Waals surface area contributed by atoms with Gasteiger partial charge in [0.15, 0.2) is 0 Å². The molecule has 0 unspecified atom stereocenters. The third-order valence-electron chi connectivity index (χ3n) is 1.47. The number of aromatic hydroxyl groups is 1. The van der Waals surface area contributed by atoms with E-state index in [1.165, 1.54) is 11.8 Å². The van der Waals surface area contributed by atoms with Gasteiger partial charge in [0.25, 0.3) is 0 Å². The Morgan fingerprint density at radius 3 is 2.64 bits per heavy atom. The van der Waals surface area contributed by atoms with Gasteiger partial charge in [0.1, 0.15) is 5.75 Å². The number of rotatable bonds is 2. The third kappa shape index (κ3) is 1.60. The van der Waals surface area contributed by atoms with Crippen LogP contribution in [-0.2, 0) is 0 Å². The number of nitrogens with one attached hydrogen (secondary N) is 1. The number of thioether (sulfide) groups is 1. The van der Waals surface area contributed by atoms with Crippen molar-refractivity contribution in [3.8, 4) is 5.75 Å². The number of hydrogen-bond donors (Lipinski definition) is 2. The molecule has 0 aliphatic carbocycles. The minimum absolute atomic E-state index is 0.337. The molecule has 1 rings (SSSR count). The van der Waals surface area contributed by atoms with Crippen LogP contribution in [0.2, 0.25) is 0 Å². The molecule has 60 valence electrons. The van der Waals surface area contributed by atoms with Crippen LogP contribution in [0.3, 0.4) is 0 Å². The maximum Gasteiger partial charge on any atom is 0.131 e. The second-order valence-electron chi connectivity index (χ2n) is 2.11. The van der Waals surface area contributed by atoms with Crippen LogP contribution in [0.25, 0.3) is 0 Å². The molecule has 11 heavy (non-hydrogen) atoms. The zero-order valence-electron chi connectivity index (χ0n) is 6.59. The van der Waals surface area contributed by atoms with Crippen molar-refractivity contribution < 1.29 is 5.11 Å². The Morgan fingerprint density at radius 2 is 2.18 bits per heavy atom. The minimum atomic E-state index is 0.337. The molecule has 1 aromatic rings. The van der Waals surface area contributed by atoms with Crippen LogP contribution >= 0.6 is 11.8 Å². The summed E-state index contributed by atoms with van der Waals surface area (Å²) in [5, 5.41) is 12.4. The van der Waals surface area contributed by atoms with Gasteiger partial charge in [0.05, 0.1) is 10.6 Å². The fourth-order valence-corrected chi connectivity index (χ4v) is 1.60. The molecular weight excluding hydrogens is 158 g/mol. The Bertz CT molecular complexity index is 250. The first-order valence-electron chi connectivity index (χ1n) is 3.33. The fourth-order valence-electron chi connectivity index (χ4n) is 0.936. The standard InChI is InChI=1S/C8H11NOS/c1-9-6-4-3-5-7(10)8(6)11-2/h3-5,9-10H,1-2H3. The first kappa shape index (κ1) is 8.27. The zero-order chi connectivity index (χ0) is 8.27. The summed E-state index contributed by atoms with van der Waals surface area (Å²) in [6.45, 7) is 0. The molecule has 0 radical (unpaired) electrons. The average Bonchev–Trinajstić information content (AvgIpc) is 2.04. The van der Waals surface area contributed by atoms with Crippen molar-refractivity contribution in [1.82, 2.24) is 0 Å². The number of phenols is 1. The summed E-state index contributed by atoms with van der Waals surface area (Å²) in [7, 11) is 1.84. The van der Waals surface area contributed by atoms with Gasteiger partial charge < -0.3 is 10.4 Å². The third-order valence-corrected chi connectivity index (χ3v) is 2.31. The molecule has 0 fully saturated rings. The first-order chi connectivity index (χ1) is 5.29. The van der Waals surface area contributed by atoms with Gasteiger partial charge in [-0.15, -0.1) is 11.8 Å². The summed E-state index contributed by atoms with van der Waals surface area (Å²) in [6, 6.07) is 5.44. The van der Waals surface area contributed by atoms with E-state index >= 15 is 0 Å². The van der Waals surface area contributed by atoms with Gasteiger partial charge >= 0.3 is 0 Å². The second kappa shape index (κ2) is 3.53. The van der Waals surface area contributed by atoms with Crippen molar-refractivity contribution in [1.29, 1.82) is 0 Å². The van der Waals surface area contributed by atoms with E-state index in [1.54, 1.807) is 6.07 Å². The van der Waals surface area contributed by atoms with E-state index in [0.29, 0.717) is 5.75 Å². The van der Waals surface area contributed by atoms with E-state index in [2.05, 4.69) is 5.32 Å². The number of phenolic OH excluding ortho intramolecular Hbond substituents is 1. The van der Waals surface area contributed by atoms with E-state index in [0.717, 1.165) is 10.6 Å². The molecule has 0 aliphatic heterocycles. The summed E-state index contributed by atoms with van der Waals surface area (Å²) >= 11 is 1.53. The highest BCUT2D eigenvalue weighted by atomic mass is 32.2. The molecule has 0 aliphatic rings. The lowest BCUT2D eigenvalue weighted by Gasteiger charge is -2.07. The summed E-state index contributed by atoms with van der Waals surface area (Å²) in [5.41, 5.74) is 0.970. The van der Waals surface area contributed by atoms with E-state index in [9.17, 15) is 5.11 Å². The largest absolute Gasteiger partial charge is 0.507 e. The number of anilines is 1. The normalized spacial score (nSPS) is 9.64. The van der Waals surface area contributed by atoms with Gasteiger partial charge in [0.2, 0.25) is 0 Å². The highest BCUT2D eigenvalue weighted by Crippen LogP contribution is 2.33. The van der Waals surface area contributed by atoms with E-state index in [1.807, 2.05) is 25.4 Å². The summed E-state index contributed by atoms with van der Waals surface area (Å²) in [4.78, 5) is 0.898. The highest BCUT2D eigenvalue weighted by molar-refractivity contribution is 7.98. The maximum absolute atomic E-state index is 9.36. The van der Waals surface area contributed by atoms with E-state index in [4.69, 9.17) is 0 Å². The summed E-state index contributed by atoms with van der Waals surface area (Å²) < 4.78 is 0. The Kier molecular flexibility index (Phi) is 2.65. The molecular formula is C8H11NOS. The molecule has 0 amide bonds. The van der Waals surface area contributed by atoms with Crippen molar-refractivity contribution in [3.05, 3.63) is 18.2 Å². The predicted octanol–water partition coefficient (Wildman–Crippen LogP) is 2.16. The van der Waals surface area contributed by atoms with Crippen LogP contribution in [0.5, 0.6) is 5.75 Å². The van der Waals surface area contributed by atoms with Gasteiger partial charge in [-0.1, -0.05) is 6.07 Å². The van der Waals surface area contributed by atoms with Crippen LogP contribution in [0.15, 0.2) is 23.1 Å². The minimum Gasteiger partial charge on any atom is -0.507 e. The average molecular weight is 169 g/mol. The topological polar surface area (TPSA) is 32.3 Å². The molecule has 0 saturated carbocycles. The Balaban J connectivity index is 3.13. The summed E-state index contributed by atoms with van der Waals surface area (Å²) in [6.07, 6.45) is 1.94. The van der Waals surface area contributed by atoms with Crippen molar-refractivity contribution in [2.24, 2.45) is 0 Å².